The Hall–Kier alpha value is -4.03. The van der Waals surface area contributed by atoms with E-state index in [1.54, 1.807) is 29.8 Å². The van der Waals surface area contributed by atoms with Gasteiger partial charge in [-0.25, -0.2) is 9.97 Å². The first-order valence-corrected chi connectivity index (χ1v) is 10.6. The minimum absolute atomic E-state index is 0.133. The van der Waals surface area contributed by atoms with Crippen molar-refractivity contribution in [2.75, 3.05) is 10.6 Å². The van der Waals surface area contributed by atoms with Gasteiger partial charge >= 0.3 is 0 Å². The van der Waals surface area contributed by atoms with E-state index in [0.717, 1.165) is 37.8 Å². The Morgan fingerprint density at radius 1 is 0.774 bits per heavy atom. The molecular formula is C25H18N4OS. The molecule has 3 aromatic carbocycles. The van der Waals surface area contributed by atoms with E-state index in [2.05, 4.69) is 38.8 Å². The molecule has 1 amide bonds. The Balaban J connectivity index is 1.35. The maximum atomic E-state index is 12.3. The highest BCUT2D eigenvalue weighted by atomic mass is 32.1. The minimum atomic E-state index is -0.133. The van der Waals surface area contributed by atoms with Crippen molar-refractivity contribution in [2.45, 2.75) is 0 Å². The van der Waals surface area contributed by atoms with Gasteiger partial charge in [0.2, 0.25) is 0 Å². The minimum Gasteiger partial charge on any atom is -0.339 e. The summed E-state index contributed by atoms with van der Waals surface area (Å²) in [5, 5.41) is 6.28. The molecule has 0 saturated heterocycles. The first kappa shape index (κ1) is 19.0. The smallest absolute Gasteiger partial charge is 0.255 e. The Kier molecular flexibility index (Phi) is 5.12. The van der Waals surface area contributed by atoms with Crippen molar-refractivity contribution < 1.29 is 4.79 Å². The van der Waals surface area contributed by atoms with E-state index >= 15 is 0 Å². The maximum Gasteiger partial charge on any atom is 0.255 e. The molecule has 0 fully saturated rings. The standard InChI is InChI=1S/C25H18N4OS/c30-25(18-9-5-2-6-10-18)29-20-13-11-19(12-14-20)28-24-23-21(26-16-27-24)15-22(31-23)17-7-3-1-4-8-17/h1-16H,(H,29,30)(H,26,27,28). The van der Waals surface area contributed by atoms with Crippen LogP contribution in [0, 0.1) is 0 Å². The summed E-state index contributed by atoms with van der Waals surface area (Å²) >= 11 is 1.66. The van der Waals surface area contributed by atoms with Crippen molar-refractivity contribution in [1.29, 1.82) is 0 Å². The number of rotatable bonds is 5. The van der Waals surface area contributed by atoms with Gasteiger partial charge in [-0.15, -0.1) is 11.3 Å². The summed E-state index contributed by atoms with van der Waals surface area (Å²) in [5.41, 5.74) is 4.31. The van der Waals surface area contributed by atoms with Crippen LogP contribution in [0.4, 0.5) is 17.2 Å². The molecule has 150 valence electrons. The van der Waals surface area contributed by atoms with Gasteiger partial charge in [0.15, 0.2) is 5.82 Å². The molecule has 0 spiro atoms. The molecule has 2 heterocycles. The molecule has 0 bridgehead atoms. The summed E-state index contributed by atoms with van der Waals surface area (Å²) in [5.74, 6) is 0.629. The summed E-state index contributed by atoms with van der Waals surface area (Å²) < 4.78 is 1.00. The van der Waals surface area contributed by atoms with Gasteiger partial charge in [0.05, 0.1) is 10.2 Å². The fourth-order valence-corrected chi connectivity index (χ4v) is 4.32. The molecule has 0 aliphatic heterocycles. The first-order chi connectivity index (χ1) is 15.3. The maximum absolute atomic E-state index is 12.3. The number of benzene rings is 3. The third kappa shape index (κ3) is 4.15. The van der Waals surface area contributed by atoms with Crippen LogP contribution in [-0.2, 0) is 0 Å². The molecule has 0 radical (unpaired) electrons. The lowest BCUT2D eigenvalue weighted by Gasteiger charge is -2.09. The summed E-state index contributed by atoms with van der Waals surface area (Å²) in [6.45, 7) is 0. The normalized spacial score (nSPS) is 10.7. The van der Waals surface area contributed by atoms with E-state index in [1.165, 1.54) is 0 Å². The molecule has 0 aliphatic rings. The van der Waals surface area contributed by atoms with Crippen molar-refractivity contribution in [1.82, 2.24) is 9.97 Å². The molecular weight excluding hydrogens is 404 g/mol. The number of carbonyl (C=O) groups excluding carboxylic acids is 1. The van der Waals surface area contributed by atoms with Gasteiger partial charge in [0, 0.05) is 21.8 Å². The van der Waals surface area contributed by atoms with Crippen LogP contribution in [0.3, 0.4) is 0 Å². The summed E-state index contributed by atoms with van der Waals surface area (Å²) in [4.78, 5) is 22.3. The summed E-state index contributed by atoms with van der Waals surface area (Å²) in [6, 6.07) is 29.1. The van der Waals surface area contributed by atoms with E-state index in [1.807, 2.05) is 60.7 Å². The number of fused-ring (bicyclic) bond motifs is 1. The van der Waals surface area contributed by atoms with Gasteiger partial charge in [-0.2, -0.15) is 0 Å². The van der Waals surface area contributed by atoms with E-state index in [-0.39, 0.29) is 5.91 Å². The number of nitrogens with one attached hydrogen (secondary N) is 2. The number of anilines is 3. The quantitative estimate of drug-likeness (QED) is 0.346. The zero-order valence-corrected chi connectivity index (χ0v) is 17.3. The zero-order chi connectivity index (χ0) is 21.0. The summed E-state index contributed by atoms with van der Waals surface area (Å²) in [7, 11) is 0. The van der Waals surface area contributed by atoms with Crippen molar-refractivity contribution >= 4 is 44.7 Å². The van der Waals surface area contributed by atoms with Gasteiger partial charge in [0.1, 0.15) is 6.33 Å². The van der Waals surface area contributed by atoms with E-state index in [0.29, 0.717) is 5.56 Å². The Labute approximate surface area is 183 Å². The lowest BCUT2D eigenvalue weighted by molar-refractivity contribution is 0.102. The first-order valence-electron chi connectivity index (χ1n) is 9.80. The number of carbonyl (C=O) groups is 1. The summed E-state index contributed by atoms with van der Waals surface area (Å²) in [6.07, 6.45) is 1.57. The molecule has 0 unspecified atom stereocenters. The van der Waals surface area contributed by atoms with Crippen LogP contribution in [0.25, 0.3) is 20.7 Å². The second kappa shape index (κ2) is 8.38. The SMILES string of the molecule is O=C(Nc1ccc(Nc2ncnc3cc(-c4ccccc4)sc23)cc1)c1ccccc1. The van der Waals surface area contributed by atoms with Gasteiger partial charge in [-0.05, 0) is 48.0 Å². The number of hydrogen-bond donors (Lipinski definition) is 2. The van der Waals surface area contributed by atoms with Crippen molar-refractivity contribution in [3.63, 3.8) is 0 Å². The molecule has 2 N–H and O–H groups in total. The van der Waals surface area contributed by atoms with Gasteiger partial charge in [0.25, 0.3) is 5.91 Å². The third-order valence-electron chi connectivity index (χ3n) is 4.81. The van der Waals surface area contributed by atoms with Crippen molar-refractivity contribution in [3.05, 3.63) is 103 Å². The van der Waals surface area contributed by atoms with E-state index in [4.69, 9.17) is 0 Å². The molecule has 0 atom stereocenters. The van der Waals surface area contributed by atoms with Crippen LogP contribution >= 0.6 is 11.3 Å². The Morgan fingerprint density at radius 2 is 1.45 bits per heavy atom. The average Bonchev–Trinajstić information content (AvgIpc) is 3.27. The highest BCUT2D eigenvalue weighted by Gasteiger charge is 2.11. The topological polar surface area (TPSA) is 66.9 Å². The van der Waals surface area contributed by atoms with Crippen LogP contribution < -0.4 is 10.6 Å². The lowest BCUT2D eigenvalue weighted by Crippen LogP contribution is -2.11. The second-order valence-electron chi connectivity index (χ2n) is 6.94. The highest BCUT2D eigenvalue weighted by molar-refractivity contribution is 7.22. The van der Waals surface area contributed by atoms with Crippen LogP contribution in [0.15, 0.2) is 97.3 Å². The van der Waals surface area contributed by atoms with Crippen molar-refractivity contribution in [2.24, 2.45) is 0 Å². The van der Waals surface area contributed by atoms with E-state index < -0.39 is 0 Å². The second-order valence-corrected chi connectivity index (χ2v) is 7.99. The molecule has 5 rings (SSSR count). The predicted octanol–water partition coefficient (Wildman–Crippen LogP) is 6.35. The lowest BCUT2D eigenvalue weighted by atomic mass is 10.2. The largest absolute Gasteiger partial charge is 0.339 e. The third-order valence-corrected chi connectivity index (χ3v) is 5.99. The van der Waals surface area contributed by atoms with Crippen LogP contribution in [0.5, 0.6) is 0 Å². The van der Waals surface area contributed by atoms with Gasteiger partial charge in [-0.1, -0.05) is 48.5 Å². The molecule has 31 heavy (non-hydrogen) atoms. The zero-order valence-electron chi connectivity index (χ0n) is 16.4. The molecule has 2 aromatic heterocycles. The number of amides is 1. The number of aromatic nitrogens is 2. The van der Waals surface area contributed by atoms with Crippen LogP contribution in [-0.4, -0.2) is 15.9 Å². The van der Waals surface area contributed by atoms with Crippen molar-refractivity contribution in [3.8, 4) is 10.4 Å². The number of thiophene rings is 1. The fourth-order valence-electron chi connectivity index (χ4n) is 3.25. The monoisotopic (exact) mass is 422 g/mol. The molecule has 5 aromatic rings. The number of hydrogen-bond acceptors (Lipinski definition) is 5. The Bertz CT molecular complexity index is 1330. The molecule has 6 heteroatoms. The highest BCUT2D eigenvalue weighted by Crippen LogP contribution is 2.36. The van der Waals surface area contributed by atoms with E-state index in [9.17, 15) is 4.79 Å². The molecule has 0 saturated carbocycles. The molecule has 5 nitrogen and oxygen atoms in total. The Morgan fingerprint density at radius 3 is 2.19 bits per heavy atom. The predicted molar refractivity (Wildman–Crippen MR) is 127 cm³/mol. The molecule has 0 aliphatic carbocycles. The van der Waals surface area contributed by atoms with Gasteiger partial charge in [-0.3, -0.25) is 4.79 Å². The fraction of sp³-hybridized carbons (Fsp3) is 0. The average molecular weight is 423 g/mol. The van der Waals surface area contributed by atoms with Crippen LogP contribution in [0.1, 0.15) is 10.4 Å². The van der Waals surface area contributed by atoms with Gasteiger partial charge < -0.3 is 10.6 Å². The van der Waals surface area contributed by atoms with Crippen LogP contribution in [0.2, 0.25) is 0 Å². The number of nitrogens with zero attached hydrogens (tertiary/aromatic N) is 2.